The zero-order valence-electron chi connectivity index (χ0n) is 12.9. The molecule has 1 aromatic carbocycles. The number of morpholine rings is 1. The highest BCUT2D eigenvalue weighted by Crippen LogP contribution is 2.43. The summed E-state index contributed by atoms with van der Waals surface area (Å²) in [5, 5.41) is 4.84. The van der Waals surface area contributed by atoms with Crippen LogP contribution in [0.4, 0.5) is 0 Å². The van der Waals surface area contributed by atoms with Crippen LogP contribution in [0.3, 0.4) is 0 Å². The van der Waals surface area contributed by atoms with Gasteiger partial charge in [-0.3, -0.25) is 0 Å². The lowest BCUT2D eigenvalue weighted by molar-refractivity contribution is -0.00963. The van der Waals surface area contributed by atoms with Crippen LogP contribution in [-0.2, 0) is 16.8 Å². The summed E-state index contributed by atoms with van der Waals surface area (Å²) in [6, 6.07) is 4.67. The molecule has 2 bridgehead atoms. The van der Waals surface area contributed by atoms with Crippen LogP contribution >= 0.6 is 23.2 Å². The number of benzene rings is 1. The van der Waals surface area contributed by atoms with Crippen molar-refractivity contribution in [3.8, 4) is 0 Å². The van der Waals surface area contributed by atoms with Crippen molar-refractivity contribution in [2.75, 3.05) is 13.2 Å². The van der Waals surface area contributed by atoms with E-state index in [0.29, 0.717) is 16.1 Å². The fraction of sp³-hybridized carbons (Fsp3) is 0.647. The number of hydrogen-bond acceptors (Lipinski definition) is 2. The summed E-state index contributed by atoms with van der Waals surface area (Å²) in [5.41, 5.74) is 2.40. The minimum Gasteiger partial charge on any atom is -0.367 e. The van der Waals surface area contributed by atoms with Gasteiger partial charge in [0.2, 0.25) is 0 Å². The second kappa shape index (κ2) is 5.42. The molecular formula is C17H23Cl2NO. The number of fused-ring (bicyclic) bond motifs is 2. The summed E-state index contributed by atoms with van der Waals surface area (Å²) in [4.78, 5) is 0. The van der Waals surface area contributed by atoms with Crippen LogP contribution in [-0.4, -0.2) is 19.2 Å². The van der Waals surface area contributed by atoms with E-state index < -0.39 is 0 Å². The first-order chi connectivity index (χ1) is 9.79. The van der Waals surface area contributed by atoms with Crippen molar-refractivity contribution in [2.45, 2.75) is 51.7 Å². The molecule has 116 valence electrons. The Bertz CT molecular complexity index is 542. The number of aryl methyl sites for hydroxylation is 1. The van der Waals surface area contributed by atoms with Crippen molar-refractivity contribution in [3.05, 3.63) is 33.3 Å². The van der Waals surface area contributed by atoms with Gasteiger partial charge in [0, 0.05) is 12.6 Å². The zero-order valence-corrected chi connectivity index (χ0v) is 14.4. The van der Waals surface area contributed by atoms with Gasteiger partial charge in [-0.1, -0.05) is 50.0 Å². The first-order valence-electron chi connectivity index (χ1n) is 7.65. The van der Waals surface area contributed by atoms with Gasteiger partial charge in [-0.15, -0.1) is 0 Å². The van der Waals surface area contributed by atoms with Crippen LogP contribution in [0.25, 0.3) is 0 Å². The maximum Gasteiger partial charge on any atom is 0.107 e. The highest BCUT2D eigenvalue weighted by atomic mass is 35.5. The van der Waals surface area contributed by atoms with Crippen molar-refractivity contribution in [1.82, 2.24) is 5.32 Å². The van der Waals surface area contributed by atoms with Gasteiger partial charge in [0.15, 0.2) is 0 Å². The van der Waals surface area contributed by atoms with E-state index in [0.717, 1.165) is 38.0 Å². The molecule has 2 fully saturated rings. The third kappa shape index (κ3) is 3.10. The molecule has 4 heteroatoms. The molecule has 0 radical (unpaired) electrons. The number of hydrogen-bond donors (Lipinski definition) is 1. The summed E-state index contributed by atoms with van der Waals surface area (Å²) < 4.78 is 6.06. The molecule has 0 amide bonds. The fourth-order valence-corrected chi connectivity index (χ4v) is 3.69. The molecule has 2 nitrogen and oxygen atoms in total. The van der Waals surface area contributed by atoms with Gasteiger partial charge in [0.1, 0.15) is 5.60 Å². The van der Waals surface area contributed by atoms with Gasteiger partial charge in [-0.25, -0.2) is 0 Å². The molecule has 2 aliphatic heterocycles. The maximum atomic E-state index is 6.41. The quantitative estimate of drug-likeness (QED) is 0.878. The molecule has 2 saturated heterocycles. The predicted octanol–water partition coefficient (Wildman–Crippen LogP) is 4.56. The Balaban J connectivity index is 1.91. The van der Waals surface area contributed by atoms with Crippen molar-refractivity contribution < 1.29 is 4.74 Å². The third-order valence-corrected chi connectivity index (χ3v) is 5.43. The lowest BCUT2D eigenvalue weighted by Gasteiger charge is -2.28. The second-order valence-electron chi connectivity index (χ2n) is 7.58. The maximum absolute atomic E-state index is 6.41. The molecule has 0 spiro atoms. The van der Waals surface area contributed by atoms with Crippen LogP contribution in [0, 0.1) is 5.41 Å². The van der Waals surface area contributed by atoms with Gasteiger partial charge in [-0.05, 0) is 41.9 Å². The van der Waals surface area contributed by atoms with E-state index in [2.05, 4.69) is 32.2 Å². The van der Waals surface area contributed by atoms with E-state index >= 15 is 0 Å². The highest BCUT2D eigenvalue weighted by molar-refractivity contribution is 6.42. The van der Waals surface area contributed by atoms with E-state index in [1.165, 1.54) is 5.56 Å². The average molecular weight is 328 g/mol. The summed E-state index contributed by atoms with van der Waals surface area (Å²) in [5.74, 6) is 0. The molecule has 2 unspecified atom stereocenters. The Kier molecular flexibility index (Phi) is 4.03. The van der Waals surface area contributed by atoms with Gasteiger partial charge >= 0.3 is 0 Å². The lowest BCUT2D eigenvalue weighted by atomic mass is 9.86. The van der Waals surface area contributed by atoms with Crippen molar-refractivity contribution in [3.63, 3.8) is 0 Å². The molecule has 1 N–H and O–H groups in total. The van der Waals surface area contributed by atoms with E-state index in [4.69, 9.17) is 27.9 Å². The van der Waals surface area contributed by atoms with Crippen LogP contribution in [0.1, 0.15) is 44.7 Å². The highest BCUT2D eigenvalue weighted by Gasteiger charge is 2.47. The zero-order chi connectivity index (χ0) is 15.3. The Hall–Kier alpha value is -0.280. The van der Waals surface area contributed by atoms with Gasteiger partial charge in [-0.2, -0.15) is 0 Å². The fourth-order valence-electron chi connectivity index (χ4n) is 3.24. The molecule has 2 aliphatic rings. The third-order valence-electron chi connectivity index (χ3n) is 4.59. The number of nitrogens with one attached hydrogen (secondary N) is 1. The molecule has 2 atom stereocenters. The predicted molar refractivity (Wildman–Crippen MR) is 88.3 cm³/mol. The molecule has 0 aromatic heterocycles. The molecule has 2 heterocycles. The van der Waals surface area contributed by atoms with Gasteiger partial charge in [0.05, 0.1) is 16.7 Å². The topological polar surface area (TPSA) is 21.3 Å². The molecule has 21 heavy (non-hydrogen) atoms. The first kappa shape index (κ1) is 15.6. The van der Waals surface area contributed by atoms with Crippen LogP contribution in [0.5, 0.6) is 0 Å². The Morgan fingerprint density at radius 3 is 2.62 bits per heavy atom. The smallest absolute Gasteiger partial charge is 0.107 e. The lowest BCUT2D eigenvalue weighted by Crippen LogP contribution is -2.37. The summed E-state index contributed by atoms with van der Waals surface area (Å²) in [7, 11) is 0. The van der Waals surface area contributed by atoms with E-state index in [1.807, 2.05) is 6.07 Å². The molecule has 3 rings (SSSR count). The number of ether oxygens (including phenoxy) is 1. The Morgan fingerprint density at radius 2 is 2.10 bits per heavy atom. The number of halogens is 2. The summed E-state index contributed by atoms with van der Waals surface area (Å²) in [6.45, 7) is 8.40. The van der Waals surface area contributed by atoms with Crippen molar-refractivity contribution in [2.24, 2.45) is 5.41 Å². The van der Waals surface area contributed by atoms with Crippen LogP contribution < -0.4 is 5.32 Å². The van der Waals surface area contributed by atoms with Crippen molar-refractivity contribution in [1.29, 1.82) is 0 Å². The van der Waals surface area contributed by atoms with Crippen LogP contribution in [0.2, 0.25) is 10.0 Å². The number of rotatable bonds is 3. The van der Waals surface area contributed by atoms with Gasteiger partial charge < -0.3 is 10.1 Å². The minimum absolute atomic E-state index is 0.199. The molecular weight excluding hydrogens is 305 g/mol. The normalized spacial score (nSPS) is 28.3. The Labute approximate surface area is 137 Å². The summed E-state index contributed by atoms with van der Waals surface area (Å²) >= 11 is 12.8. The first-order valence-corrected chi connectivity index (χ1v) is 8.40. The Morgan fingerprint density at radius 1 is 1.33 bits per heavy atom. The van der Waals surface area contributed by atoms with E-state index in [1.54, 1.807) is 0 Å². The minimum atomic E-state index is -0.199. The molecule has 1 aromatic rings. The van der Waals surface area contributed by atoms with Crippen molar-refractivity contribution >= 4 is 23.2 Å². The summed E-state index contributed by atoms with van der Waals surface area (Å²) in [6.07, 6.45) is 3.06. The standard InChI is InChI=1S/C17H23Cl2NO/c1-16(2,3)5-4-11-6-12(7-14(18)15(11)19)17-8-13(9-21-17)20-10-17/h6-7,13,20H,4-5,8-10H2,1-3H3. The molecule has 0 aliphatic carbocycles. The van der Waals surface area contributed by atoms with Gasteiger partial charge in [0.25, 0.3) is 0 Å². The van der Waals surface area contributed by atoms with E-state index in [9.17, 15) is 0 Å². The SMILES string of the molecule is CC(C)(C)CCc1cc(C23CNC(CO2)C3)cc(Cl)c1Cl. The monoisotopic (exact) mass is 327 g/mol. The largest absolute Gasteiger partial charge is 0.367 e. The molecule has 0 saturated carbocycles. The average Bonchev–Trinajstić information content (AvgIpc) is 3.01. The van der Waals surface area contributed by atoms with E-state index in [-0.39, 0.29) is 11.0 Å². The van der Waals surface area contributed by atoms with Crippen LogP contribution in [0.15, 0.2) is 12.1 Å². The second-order valence-corrected chi connectivity index (χ2v) is 8.36.